The summed E-state index contributed by atoms with van der Waals surface area (Å²) in [6, 6.07) is 5.39. The van der Waals surface area contributed by atoms with Gasteiger partial charge in [-0.2, -0.15) is 4.98 Å². The summed E-state index contributed by atoms with van der Waals surface area (Å²) in [6.07, 6.45) is 1.80. The summed E-state index contributed by atoms with van der Waals surface area (Å²) in [4.78, 5) is 16.5. The molecule has 1 amide bonds. The molecule has 0 radical (unpaired) electrons. The molecule has 0 atom stereocenters. The van der Waals surface area contributed by atoms with Crippen LogP contribution in [-0.2, 0) is 6.42 Å². The van der Waals surface area contributed by atoms with E-state index in [4.69, 9.17) is 21.9 Å². The lowest BCUT2D eigenvalue weighted by Crippen LogP contribution is -2.25. The highest BCUT2D eigenvalue weighted by Gasteiger charge is 2.16. The Morgan fingerprint density at radius 2 is 2.33 bits per heavy atom. The van der Waals surface area contributed by atoms with Gasteiger partial charge in [0.1, 0.15) is 4.88 Å². The Morgan fingerprint density at radius 3 is 3.10 bits per heavy atom. The summed E-state index contributed by atoms with van der Waals surface area (Å²) in [5, 5.41) is 7.68. The number of rotatable bonds is 4. The minimum Gasteiger partial charge on any atom is -0.397 e. The number of carbonyl (C=O) groups excluding carboxylic acids is 1. The molecular formula is C13H11ClN4O2S. The topological polar surface area (TPSA) is 94.0 Å². The Kier molecular flexibility index (Phi) is 3.76. The number of nitrogens with zero attached hydrogens (tertiary/aromatic N) is 2. The van der Waals surface area contributed by atoms with Gasteiger partial charge in [-0.1, -0.05) is 16.8 Å². The smallest absolute Gasteiger partial charge is 0.263 e. The van der Waals surface area contributed by atoms with E-state index in [0.29, 0.717) is 34.4 Å². The molecule has 0 spiro atoms. The minimum absolute atomic E-state index is 0.218. The SMILES string of the molecule is Nc1c(C(=O)NCCc2ncno2)sc2ccc(Cl)cc12. The number of nitrogen functional groups attached to an aromatic ring is 1. The van der Waals surface area contributed by atoms with Crippen molar-refractivity contribution in [1.82, 2.24) is 15.5 Å². The van der Waals surface area contributed by atoms with E-state index in [1.807, 2.05) is 6.07 Å². The number of anilines is 1. The van der Waals surface area contributed by atoms with Gasteiger partial charge in [0.15, 0.2) is 6.33 Å². The number of nitrogens with one attached hydrogen (secondary N) is 1. The molecule has 21 heavy (non-hydrogen) atoms. The molecule has 0 fully saturated rings. The van der Waals surface area contributed by atoms with Gasteiger partial charge in [-0.25, -0.2) is 0 Å². The van der Waals surface area contributed by atoms with Crippen LogP contribution in [0.25, 0.3) is 10.1 Å². The number of halogens is 1. The maximum Gasteiger partial charge on any atom is 0.263 e. The number of nitrogens with two attached hydrogens (primary N) is 1. The molecule has 2 heterocycles. The van der Waals surface area contributed by atoms with Crippen LogP contribution >= 0.6 is 22.9 Å². The van der Waals surface area contributed by atoms with Gasteiger partial charge in [0.25, 0.3) is 5.91 Å². The van der Waals surface area contributed by atoms with Gasteiger partial charge < -0.3 is 15.6 Å². The van der Waals surface area contributed by atoms with Crippen molar-refractivity contribution in [3.05, 3.63) is 40.3 Å². The van der Waals surface area contributed by atoms with Crippen LogP contribution in [0.15, 0.2) is 29.0 Å². The quantitative estimate of drug-likeness (QED) is 0.769. The maximum absolute atomic E-state index is 12.2. The van der Waals surface area contributed by atoms with Crippen LogP contribution in [0.3, 0.4) is 0 Å². The van der Waals surface area contributed by atoms with Crippen molar-refractivity contribution in [2.75, 3.05) is 12.3 Å². The maximum atomic E-state index is 12.2. The number of benzene rings is 1. The fourth-order valence-corrected chi connectivity index (χ4v) is 3.12. The second-order valence-electron chi connectivity index (χ2n) is 4.33. The number of hydrogen-bond acceptors (Lipinski definition) is 6. The molecule has 0 aliphatic rings. The standard InChI is InChI=1S/C13H11ClN4O2S/c14-7-1-2-9-8(5-7)11(15)12(21-9)13(19)16-4-3-10-17-6-18-20-10/h1-2,5-6H,3-4,15H2,(H,16,19). The molecule has 2 aromatic heterocycles. The van der Waals surface area contributed by atoms with Crippen molar-refractivity contribution in [2.24, 2.45) is 0 Å². The number of aromatic nitrogens is 2. The average Bonchev–Trinajstić information content (AvgIpc) is 3.08. The van der Waals surface area contributed by atoms with Crippen molar-refractivity contribution in [2.45, 2.75) is 6.42 Å². The zero-order valence-corrected chi connectivity index (χ0v) is 12.4. The first-order chi connectivity index (χ1) is 10.1. The molecule has 3 N–H and O–H groups in total. The van der Waals surface area contributed by atoms with Crippen molar-refractivity contribution in [1.29, 1.82) is 0 Å². The van der Waals surface area contributed by atoms with E-state index >= 15 is 0 Å². The Labute approximate surface area is 128 Å². The first-order valence-electron chi connectivity index (χ1n) is 6.16. The Bertz CT molecular complexity index is 785. The summed E-state index contributed by atoms with van der Waals surface area (Å²) >= 11 is 7.29. The first kappa shape index (κ1) is 13.8. The third kappa shape index (κ3) is 2.84. The fourth-order valence-electron chi connectivity index (χ4n) is 1.93. The Hall–Kier alpha value is -2.12. The molecule has 1 aromatic carbocycles. The van der Waals surface area contributed by atoms with Crippen LogP contribution in [0.2, 0.25) is 5.02 Å². The summed E-state index contributed by atoms with van der Waals surface area (Å²) in [5.41, 5.74) is 6.48. The molecule has 0 aliphatic carbocycles. The van der Waals surface area contributed by atoms with Gasteiger partial charge in [-0.15, -0.1) is 11.3 Å². The van der Waals surface area contributed by atoms with Gasteiger partial charge in [-0.05, 0) is 18.2 Å². The fraction of sp³-hybridized carbons (Fsp3) is 0.154. The van der Waals surface area contributed by atoms with Crippen LogP contribution in [-0.4, -0.2) is 22.6 Å². The Balaban J connectivity index is 1.73. The van der Waals surface area contributed by atoms with Crippen molar-refractivity contribution >= 4 is 44.6 Å². The molecule has 0 saturated heterocycles. The van der Waals surface area contributed by atoms with Gasteiger partial charge in [0.05, 0.1) is 5.69 Å². The summed E-state index contributed by atoms with van der Waals surface area (Å²) in [7, 11) is 0. The van der Waals surface area contributed by atoms with Gasteiger partial charge >= 0.3 is 0 Å². The summed E-state index contributed by atoms with van der Waals surface area (Å²) < 4.78 is 5.79. The van der Waals surface area contributed by atoms with Gasteiger partial charge in [0.2, 0.25) is 5.89 Å². The van der Waals surface area contributed by atoms with E-state index in [-0.39, 0.29) is 5.91 Å². The average molecular weight is 323 g/mol. The molecular weight excluding hydrogens is 312 g/mol. The largest absolute Gasteiger partial charge is 0.397 e. The highest BCUT2D eigenvalue weighted by atomic mass is 35.5. The molecule has 0 aliphatic heterocycles. The van der Waals surface area contributed by atoms with E-state index in [2.05, 4.69) is 15.5 Å². The number of carbonyl (C=O) groups is 1. The predicted molar refractivity (Wildman–Crippen MR) is 81.6 cm³/mol. The van der Waals surface area contributed by atoms with Crippen LogP contribution in [0.4, 0.5) is 5.69 Å². The third-order valence-electron chi connectivity index (χ3n) is 2.93. The van der Waals surface area contributed by atoms with Crippen LogP contribution in [0.5, 0.6) is 0 Å². The van der Waals surface area contributed by atoms with Crippen molar-refractivity contribution < 1.29 is 9.32 Å². The molecule has 3 rings (SSSR count). The molecule has 108 valence electrons. The third-order valence-corrected chi connectivity index (χ3v) is 4.35. The Morgan fingerprint density at radius 1 is 1.48 bits per heavy atom. The van der Waals surface area contributed by atoms with E-state index in [1.165, 1.54) is 17.7 Å². The van der Waals surface area contributed by atoms with E-state index in [0.717, 1.165) is 10.1 Å². The van der Waals surface area contributed by atoms with Crippen molar-refractivity contribution in [3.63, 3.8) is 0 Å². The number of hydrogen-bond donors (Lipinski definition) is 2. The zero-order valence-electron chi connectivity index (χ0n) is 10.8. The van der Waals surface area contributed by atoms with Crippen LogP contribution in [0, 0.1) is 0 Å². The second-order valence-corrected chi connectivity index (χ2v) is 5.81. The lowest BCUT2D eigenvalue weighted by molar-refractivity contribution is 0.0958. The van der Waals surface area contributed by atoms with Crippen LogP contribution in [0.1, 0.15) is 15.6 Å². The summed E-state index contributed by atoms with van der Waals surface area (Å²) in [6.45, 7) is 0.398. The van der Waals surface area contributed by atoms with Crippen molar-refractivity contribution in [3.8, 4) is 0 Å². The highest BCUT2D eigenvalue weighted by Crippen LogP contribution is 2.35. The molecule has 6 nitrogen and oxygen atoms in total. The summed E-state index contributed by atoms with van der Waals surface area (Å²) in [5.74, 6) is 0.260. The number of amides is 1. The monoisotopic (exact) mass is 322 g/mol. The number of thiophene rings is 1. The molecule has 3 aromatic rings. The predicted octanol–water partition coefficient (Wildman–Crippen LogP) is 2.49. The highest BCUT2D eigenvalue weighted by molar-refractivity contribution is 7.21. The molecule has 0 bridgehead atoms. The van der Waals surface area contributed by atoms with Gasteiger partial charge in [0, 0.05) is 28.1 Å². The normalized spacial score (nSPS) is 10.9. The van der Waals surface area contributed by atoms with Crippen LogP contribution < -0.4 is 11.1 Å². The molecule has 8 heteroatoms. The van der Waals surface area contributed by atoms with E-state index in [1.54, 1.807) is 12.1 Å². The zero-order chi connectivity index (χ0) is 14.8. The second kappa shape index (κ2) is 5.71. The number of fused-ring (bicyclic) bond motifs is 1. The first-order valence-corrected chi connectivity index (χ1v) is 7.36. The van der Waals surface area contributed by atoms with Gasteiger partial charge in [-0.3, -0.25) is 4.79 Å². The lowest BCUT2D eigenvalue weighted by Gasteiger charge is -2.02. The lowest BCUT2D eigenvalue weighted by atomic mass is 10.2. The van der Waals surface area contributed by atoms with E-state index < -0.39 is 0 Å². The molecule has 0 unspecified atom stereocenters. The molecule has 0 saturated carbocycles. The van der Waals surface area contributed by atoms with E-state index in [9.17, 15) is 4.79 Å². The minimum atomic E-state index is -0.218.